The molecule has 5 nitrogen and oxygen atoms in total. The first-order valence-electron chi connectivity index (χ1n) is 6.21. The van der Waals surface area contributed by atoms with Crippen LogP contribution in [0.5, 0.6) is 0 Å². The van der Waals surface area contributed by atoms with Crippen LogP contribution in [0.25, 0.3) is 0 Å². The van der Waals surface area contributed by atoms with Crippen LogP contribution < -0.4 is 11.1 Å². The number of aromatic carboxylic acids is 1. The molecule has 1 aromatic rings. The molecule has 0 radical (unpaired) electrons. The Hall–Kier alpha value is -1.46. The van der Waals surface area contributed by atoms with E-state index in [1.807, 2.05) is 6.92 Å². The molecule has 0 spiro atoms. The van der Waals surface area contributed by atoms with E-state index in [0.717, 1.165) is 12.8 Å². The van der Waals surface area contributed by atoms with Gasteiger partial charge in [0.2, 0.25) is 0 Å². The molecule has 6 heteroatoms. The summed E-state index contributed by atoms with van der Waals surface area (Å²) in [6.07, 6.45) is 1.96. The zero-order valence-electron chi connectivity index (χ0n) is 10.6. The Balaban J connectivity index is 2.10. The molecule has 104 valence electrons. The number of anilines is 2. The first-order chi connectivity index (χ1) is 9.01. The van der Waals surface area contributed by atoms with Crippen molar-refractivity contribution >= 4 is 28.9 Å². The van der Waals surface area contributed by atoms with E-state index >= 15 is 0 Å². The molecule has 0 bridgehead atoms. The van der Waals surface area contributed by atoms with Crippen molar-refractivity contribution in [2.75, 3.05) is 17.7 Å². The molecule has 0 saturated heterocycles. The minimum absolute atomic E-state index is 0.102. The second-order valence-corrected chi connectivity index (χ2v) is 5.03. The van der Waals surface area contributed by atoms with Gasteiger partial charge in [0, 0.05) is 18.3 Å². The number of rotatable bonds is 5. The molecular weight excluding hydrogens is 268 g/mol. The zero-order valence-corrected chi connectivity index (χ0v) is 11.4. The molecule has 1 aliphatic rings. The topological polar surface area (TPSA) is 84.6 Å². The predicted octanol–water partition coefficient (Wildman–Crippen LogP) is 2.60. The third-order valence-electron chi connectivity index (χ3n) is 3.19. The molecule has 2 rings (SSSR count). The maximum absolute atomic E-state index is 11.2. The molecule has 0 amide bonds. The van der Waals surface area contributed by atoms with Crippen molar-refractivity contribution in [3.05, 3.63) is 22.7 Å². The average Bonchev–Trinajstić information content (AvgIpc) is 2.28. The van der Waals surface area contributed by atoms with Crippen molar-refractivity contribution in [3.63, 3.8) is 0 Å². The Bertz CT molecular complexity index is 487. The highest BCUT2D eigenvalue weighted by Gasteiger charge is 2.30. The van der Waals surface area contributed by atoms with Gasteiger partial charge in [-0.2, -0.15) is 0 Å². The van der Waals surface area contributed by atoms with Crippen LogP contribution in [0.2, 0.25) is 5.02 Å². The zero-order chi connectivity index (χ0) is 14.0. The van der Waals surface area contributed by atoms with E-state index in [1.165, 1.54) is 6.07 Å². The van der Waals surface area contributed by atoms with E-state index in [-0.39, 0.29) is 17.7 Å². The van der Waals surface area contributed by atoms with E-state index in [9.17, 15) is 9.90 Å². The lowest BCUT2D eigenvalue weighted by atomic mass is 9.88. The Morgan fingerprint density at radius 1 is 1.58 bits per heavy atom. The largest absolute Gasteiger partial charge is 0.478 e. The van der Waals surface area contributed by atoms with Crippen molar-refractivity contribution in [1.29, 1.82) is 0 Å². The quantitative estimate of drug-likeness (QED) is 0.724. The number of benzene rings is 1. The van der Waals surface area contributed by atoms with E-state index in [4.69, 9.17) is 22.1 Å². The van der Waals surface area contributed by atoms with Crippen LogP contribution in [0.15, 0.2) is 12.1 Å². The third kappa shape index (κ3) is 3.11. The fourth-order valence-corrected chi connectivity index (χ4v) is 2.48. The van der Waals surface area contributed by atoms with Crippen LogP contribution in [0.3, 0.4) is 0 Å². The Labute approximate surface area is 116 Å². The normalized spacial score (nSPS) is 21.8. The Morgan fingerprint density at radius 3 is 2.84 bits per heavy atom. The van der Waals surface area contributed by atoms with Gasteiger partial charge in [-0.25, -0.2) is 4.79 Å². The van der Waals surface area contributed by atoms with Gasteiger partial charge in [-0.05, 0) is 31.9 Å². The highest BCUT2D eigenvalue weighted by atomic mass is 35.5. The molecule has 0 aromatic heterocycles. The minimum Gasteiger partial charge on any atom is -0.478 e. The van der Waals surface area contributed by atoms with Gasteiger partial charge in [-0.1, -0.05) is 11.6 Å². The van der Waals surface area contributed by atoms with E-state index in [2.05, 4.69) is 5.32 Å². The minimum atomic E-state index is -1.04. The second-order valence-electron chi connectivity index (χ2n) is 4.62. The van der Waals surface area contributed by atoms with Gasteiger partial charge in [-0.3, -0.25) is 0 Å². The number of nitrogens with two attached hydrogens (primary N) is 1. The molecule has 1 aliphatic carbocycles. The first-order valence-corrected chi connectivity index (χ1v) is 6.59. The third-order valence-corrected chi connectivity index (χ3v) is 3.49. The first kappa shape index (κ1) is 14.0. The van der Waals surface area contributed by atoms with Crippen LogP contribution >= 0.6 is 11.6 Å². The summed E-state index contributed by atoms with van der Waals surface area (Å²) in [6.45, 7) is 2.65. The van der Waals surface area contributed by atoms with Crippen LogP contribution in [-0.4, -0.2) is 29.8 Å². The molecule has 4 N–H and O–H groups in total. The fourth-order valence-electron chi connectivity index (χ4n) is 2.20. The Morgan fingerprint density at radius 2 is 2.26 bits per heavy atom. The SMILES string of the molecule is CCOC1CC(Nc2c(Cl)cc(N)cc2C(=O)O)C1. The maximum atomic E-state index is 11.2. The van der Waals surface area contributed by atoms with Gasteiger partial charge < -0.3 is 20.9 Å². The lowest BCUT2D eigenvalue weighted by molar-refractivity contribution is 0.00298. The lowest BCUT2D eigenvalue weighted by Crippen LogP contribution is -2.41. The average molecular weight is 285 g/mol. The molecule has 1 aromatic carbocycles. The molecule has 1 saturated carbocycles. The van der Waals surface area contributed by atoms with Crippen LogP contribution in [0.4, 0.5) is 11.4 Å². The molecule has 19 heavy (non-hydrogen) atoms. The number of hydrogen-bond acceptors (Lipinski definition) is 4. The highest BCUT2D eigenvalue weighted by Crippen LogP contribution is 2.34. The Kier molecular flexibility index (Phi) is 4.17. The van der Waals surface area contributed by atoms with Gasteiger partial charge >= 0.3 is 5.97 Å². The number of halogens is 1. The number of ether oxygens (including phenoxy) is 1. The highest BCUT2D eigenvalue weighted by molar-refractivity contribution is 6.34. The number of carboxylic acid groups (broad SMARTS) is 1. The molecule has 0 atom stereocenters. The van der Waals surface area contributed by atoms with Crippen molar-refractivity contribution < 1.29 is 14.6 Å². The van der Waals surface area contributed by atoms with Gasteiger partial charge in [0.05, 0.1) is 22.4 Å². The summed E-state index contributed by atoms with van der Waals surface area (Å²) in [5.41, 5.74) is 6.49. The van der Waals surface area contributed by atoms with Crippen LogP contribution in [0, 0.1) is 0 Å². The van der Waals surface area contributed by atoms with Crippen molar-refractivity contribution in [2.24, 2.45) is 0 Å². The predicted molar refractivity (Wildman–Crippen MR) is 74.9 cm³/mol. The summed E-state index contributed by atoms with van der Waals surface area (Å²) in [5.74, 6) is -1.04. The molecule has 1 fully saturated rings. The van der Waals surface area contributed by atoms with E-state index in [0.29, 0.717) is 23.0 Å². The molecular formula is C13H17ClN2O3. The lowest BCUT2D eigenvalue weighted by Gasteiger charge is -2.36. The smallest absolute Gasteiger partial charge is 0.337 e. The fraction of sp³-hybridized carbons (Fsp3) is 0.462. The summed E-state index contributed by atoms with van der Waals surface area (Å²) in [5, 5.41) is 12.7. The van der Waals surface area contributed by atoms with Crippen LogP contribution in [-0.2, 0) is 4.74 Å². The summed E-state index contributed by atoms with van der Waals surface area (Å²) >= 11 is 6.06. The molecule has 0 heterocycles. The number of carbonyl (C=O) groups is 1. The van der Waals surface area contributed by atoms with Gasteiger partial charge in [0.1, 0.15) is 0 Å². The number of hydrogen-bond donors (Lipinski definition) is 3. The van der Waals surface area contributed by atoms with Crippen molar-refractivity contribution in [3.8, 4) is 0 Å². The standard InChI is InChI=1S/C13H17ClN2O3/c1-2-19-9-5-8(6-9)16-12-10(13(17)18)3-7(15)4-11(12)14/h3-4,8-9,16H,2,5-6,15H2,1H3,(H,17,18). The molecule has 0 unspecified atom stereocenters. The number of nitrogen functional groups attached to an aromatic ring is 1. The summed E-state index contributed by atoms with van der Waals surface area (Å²) in [7, 11) is 0. The van der Waals surface area contributed by atoms with Crippen LogP contribution in [0.1, 0.15) is 30.1 Å². The van der Waals surface area contributed by atoms with Gasteiger partial charge in [-0.15, -0.1) is 0 Å². The van der Waals surface area contributed by atoms with Gasteiger partial charge in [0.25, 0.3) is 0 Å². The van der Waals surface area contributed by atoms with Crippen molar-refractivity contribution in [1.82, 2.24) is 0 Å². The number of carboxylic acids is 1. The van der Waals surface area contributed by atoms with E-state index in [1.54, 1.807) is 6.07 Å². The second kappa shape index (κ2) is 5.67. The summed E-state index contributed by atoms with van der Waals surface area (Å²) in [4.78, 5) is 11.2. The summed E-state index contributed by atoms with van der Waals surface area (Å²) < 4.78 is 5.46. The van der Waals surface area contributed by atoms with E-state index < -0.39 is 5.97 Å². The monoisotopic (exact) mass is 284 g/mol. The summed E-state index contributed by atoms with van der Waals surface area (Å²) in [6, 6.07) is 3.15. The van der Waals surface area contributed by atoms with Gasteiger partial charge in [0.15, 0.2) is 0 Å². The number of nitrogens with one attached hydrogen (secondary N) is 1. The molecule has 0 aliphatic heterocycles. The maximum Gasteiger partial charge on any atom is 0.337 e. The van der Waals surface area contributed by atoms with Crippen molar-refractivity contribution in [2.45, 2.75) is 31.9 Å².